The number of hydrogen-bond acceptors (Lipinski definition) is 5. The summed E-state index contributed by atoms with van der Waals surface area (Å²) < 4.78 is 5.12. The first-order valence-corrected chi connectivity index (χ1v) is 9.63. The highest BCUT2D eigenvalue weighted by molar-refractivity contribution is 6.09. The molecule has 0 saturated carbocycles. The molecule has 29 heavy (non-hydrogen) atoms. The Bertz CT molecular complexity index is 765. The maximum atomic E-state index is 12.7. The molecular weight excluding hydrogens is 376 g/mol. The molecule has 1 aromatic rings. The van der Waals surface area contributed by atoms with Crippen molar-refractivity contribution in [3.05, 3.63) is 29.8 Å². The third kappa shape index (κ3) is 5.94. The van der Waals surface area contributed by atoms with Crippen molar-refractivity contribution < 1.29 is 23.9 Å². The number of nitrogens with one attached hydrogen (secondary N) is 3. The Morgan fingerprint density at radius 2 is 1.90 bits per heavy atom. The first kappa shape index (κ1) is 22.2. The van der Waals surface area contributed by atoms with Crippen molar-refractivity contribution >= 4 is 23.9 Å². The average Bonchev–Trinajstić information content (AvgIpc) is 2.90. The molecule has 0 spiro atoms. The van der Waals surface area contributed by atoms with Crippen molar-refractivity contribution in [1.82, 2.24) is 20.9 Å². The van der Waals surface area contributed by atoms with E-state index in [1.165, 1.54) is 0 Å². The summed E-state index contributed by atoms with van der Waals surface area (Å²) in [6.45, 7) is 3.55. The Hall–Kier alpha value is -3.10. The lowest BCUT2D eigenvalue weighted by Crippen LogP contribution is -2.47. The van der Waals surface area contributed by atoms with E-state index in [0.29, 0.717) is 19.4 Å². The van der Waals surface area contributed by atoms with E-state index >= 15 is 0 Å². The van der Waals surface area contributed by atoms with Crippen molar-refractivity contribution in [1.29, 1.82) is 0 Å². The number of hydrogen-bond donors (Lipinski definition) is 3. The second kappa shape index (κ2) is 9.90. The van der Waals surface area contributed by atoms with Crippen LogP contribution in [0.3, 0.4) is 0 Å². The number of ether oxygens (including phenoxy) is 1. The molecule has 1 fully saturated rings. The standard InChI is InChI=1S/C20H28N4O5/c1-4-5-12-21-18(27)22-16(25)13-24-17(26)20(2,23-19(24)28)11-10-14-6-8-15(29-3)9-7-14/h6-9H,4-5,10-13H2,1-3H3,(H,23,28)(H2,21,22,25,27)/t20-/m0/s1. The van der Waals surface area contributed by atoms with Crippen molar-refractivity contribution in [2.24, 2.45) is 0 Å². The molecule has 1 aromatic carbocycles. The molecule has 9 nitrogen and oxygen atoms in total. The van der Waals surface area contributed by atoms with Crippen LogP contribution in [0.1, 0.15) is 38.7 Å². The fourth-order valence-electron chi connectivity index (χ4n) is 2.98. The first-order valence-electron chi connectivity index (χ1n) is 9.63. The zero-order chi connectivity index (χ0) is 21.4. The number of nitrogens with zero attached hydrogens (tertiary/aromatic N) is 1. The molecule has 0 aliphatic carbocycles. The molecule has 1 heterocycles. The molecule has 0 unspecified atom stereocenters. The number of carbonyl (C=O) groups excluding carboxylic acids is 4. The van der Waals surface area contributed by atoms with Crippen LogP contribution in [0, 0.1) is 0 Å². The van der Waals surface area contributed by atoms with Crippen LogP contribution in [-0.2, 0) is 16.0 Å². The van der Waals surface area contributed by atoms with Gasteiger partial charge in [-0.3, -0.25) is 19.8 Å². The van der Waals surface area contributed by atoms with Gasteiger partial charge in [0.1, 0.15) is 17.8 Å². The largest absolute Gasteiger partial charge is 0.497 e. The predicted octanol–water partition coefficient (Wildman–Crippen LogP) is 1.56. The predicted molar refractivity (Wildman–Crippen MR) is 106 cm³/mol. The van der Waals surface area contributed by atoms with Crippen LogP contribution in [0.4, 0.5) is 9.59 Å². The minimum atomic E-state index is -1.11. The summed E-state index contributed by atoms with van der Waals surface area (Å²) in [7, 11) is 1.59. The molecule has 0 aromatic heterocycles. The van der Waals surface area contributed by atoms with E-state index in [9.17, 15) is 19.2 Å². The summed E-state index contributed by atoms with van der Waals surface area (Å²) in [6.07, 6.45) is 2.64. The van der Waals surface area contributed by atoms with Gasteiger partial charge in [0.05, 0.1) is 7.11 Å². The van der Waals surface area contributed by atoms with Crippen LogP contribution in [-0.4, -0.2) is 54.5 Å². The number of benzene rings is 1. The Labute approximate surface area is 170 Å². The number of amides is 6. The summed E-state index contributed by atoms with van der Waals surface area (Å²) in [5, 5.41) is 7.32. The van der Waals surface area contributed by atoms with E-state index in [1.807, 2.05) is 31.2 Å². The van der Waals surface area contributed by atoms with E-state index in [0.717, 1.165) is 29.1 Å². The van der Waals surface area contributed by atoms with Gasteiger partial charge in [-0.1, -0.05) is 25.5 Å². The van der Waals surface area contributed by atoms with Gasteiger partial charge in [-0.25, -0.2) is 9.59 Å². The highest BCUT2D eigenvalue weighted by Gasteiger charge is 2.47. The number of carbonyl (C=O) groups is 4. The van der Waals surface area contributed by atoms with Crippen LogP contribution in [0.25, 0.3) is 0 Å². The van der Waals surface area contributed by atoms with Gasteiger partial charge in [0.2, 0.25) is 5.91 Å². The molecule has 3 N–H and O–H groups in total. The summed E-state index contributed by atoms with van der Waals surface area (Å²) in [6, 6.07) is 6.16. The van der Waals surface area contributed by atoms with Gasteiger partial charge < -0.3 is 15.4 Å². The molecule has 0 radical (unpaired) electrons. The van der Waals surface area contributed by atoms with Gasteiger partial charge >= 0.3 is 12.1 Å². The maximum Gasteiger partial charge on any atom is 0.325 e. The van der Waals surface area contributed by atoms with Crippen LogP contribution in [0.5, 0.6) is 5.75 Å². The summed E-state index contributed by atoms with van der Waals surface area (Å²) in [5.41, 5.74) is -0.116. The fourth-order valence-corrected chi connectivity index (χ4v) is 2.98. The highest BCUT2D eigenvalue weighted by Crippen LogP contribution is 2.23. The van der Waals surface area contributed by atoms with Crippen LogP contribution < -0.4 is 20.7 Å². The number of unbranched alkanes of at least 4 members (excludes halogenated alkanes) is 1. The highest BCUT2D eigenvalue weighted by atomic mass is 16.5. The molecule has 158 valence electrons. The lowest BCUT2D eigenvalue weighted by Gasteiger charge is -2.21. The van der Waals surface area contributed by atoms with E-state index in [-0.39, 0.29) is 0 Å². The van der Waals surface area contributed by atoms with E-state index in [1.54, 1.807) is 14.0 Å². The minimum Gasteiger partial charge on any atom is -0.497 e. The Morgan fingerprint density at radius 3 is 2.52 bits per heavy atom. The Morgan fingerprint density at radius 1 is 1.21 bits per heavy atom. The molecular formula is C20H28N4O5. The van der Waals surface area contributed by atoms with Gasteiger partial charge in [0.25, 0.3) is 5.91 Å². The van der Waals surface area contributed by atoms with E-state index in [2.05, 4.69) is 16.0 Å². The average molecular weight is 404 g/mol. The second-order valence-corrected chi connectivity index (χ2v) is 7.16. The lowest BCUT2D eigenvalue weighted by molar-refractivity contribution is -0.134. The smallest absolute Gasteiger partial charge is 0.325 e. The summed E-state index contributed by atoms with van der Waals surface area (Å²) >= 11 is 0. The number of methoxy groups -OCH3 is 1. The zero-order valence-corrected chi connectivity index (χ0v) is 17.0. The summed E-state index contributed by atoms with van der Waals surface area (Å²) in [4.78, 5) is 49.5. The van der Waals surface area contributed by atoms with Gasteiger partial charge in [-0.2, -0.15) is 0 Å². The van der Waals surface area contributed by atoms with E-state index in [4.69, 9.17) is 4.74 Å². The topological polar surface area (TPSA) is 117 Å². The fraction of sp³-hybridized carbons (Fsp3) is 0.500. The molecule has 1 saturated heterocycles. The third-order valence-electron chi connectivity index (χ3n) is 4.79. The van der Waals surface area contributed by atoms with Crippen LogP contribution in [0.2, 0.25) is 0 Å². The quantitative estimate of drug-likeness (QED) is 0.427. The third-order valence-corrected chi connectivity index (χ3v) is 4.79. The minimum absolute atomic E-state index is 0.375. The molecule has 1 aliphatic heterocycles. The number of imide groups is 2. The molecule has 2 rings (SSSR count). The van der Waals surface area contributed by atoms with Gasteiger partial charge in [-0.15, -0.1) is 0 Å². The van der Waals surface area contributed by atoms with Crippen molar-refractivity contribution in [2.45, 2.75) is 45.1 Å². The SMILES string of the molecule is CCCCNC(=O)NC(=O)CN1C(=O)N[C@@](C)(CCc2ccc(OC)cc2)C1=O. The Kier molecular flexibility index (Phi) is 7.58. The number of aryl methyl sites for hydroxylation is 1. The maximum absolute atomic E-state index is 12.7. The normalized spacial score (nSPS) is 18.4. The van der Waals surface area contributed by atoms with Crippen molar-refractivity contribution in [3.8, 4) is 5.75 Å². The van der Waals surface area contributed by atoms with Crippen molar-refractivity contribution in [3.63, 3.8) is 0 Å². The molecule has 9 heteroatoms. The van der Waals surface area contributed by atoms with Crippen molar-refractivity contribution in [2.75, 3.05) is 20.2 Å². The molecule has 1 aliphatic rings. The first-order chi connectivity index (χ1) is 13.8. The van der Waals surface area contributed by atoms with Gasteiger partial charge in [0.15, 0.2) is 0 Å². The van der Waals surface area contributed by atoms with Gasteiger partial charge in [-0.05, 0) is 43.9 Å². The number of urea groups is 2. The Balaban J connectivity index is 1.89. The molecule has 0 bridgehead atoms. The van der Waals surface area contributed by atoms with Gasteiger partial charge in [0, 0.05) is 6.54 Å². The van der Waals surface area contributed by atoms with E-state index < -0.39 is 36.0 Å². The zero-order valence-electron chi connectivity index (χ0n) is 17.0. The van der Waals surface area contributed by atoms with Crippen LogP contribution >= 0.6 is 0 Å². The number of rotatable bonds is 9. The second-order valence-electron chi connectivity index (χ2n) is 7.16. The lowest BCUT2D eigenvalue weighted by atomic mass is 9.93. The molecule has 6 amide bonds. The monoisotopic (exact) mass is 404 g/mol. The van der Waals surface area contributed by atoms with Crippen LogP contribution in [0.15, 0.2) is 24.3 Å². The summed E-state index contributed by atoms with van der Waals surface area (Å²) in [5.74, 6) is -0.472. The molecule has 1 atom stereocenters.